The summed E-state index contributed by atoms with van der Waals surface area (Å²) < 4.78 is 4.68. The number of aliphatic hydroxyl groups is 1. The highest BCUT2D eigenvalue weighted by molar-refractivity contribution is 5.77. The first-order valence-electron chi connectivity index (χ1n) is 2.81. The van der Waals surface area contributed by atoms with Crippen LogP contribution >= 0.6 is 0 Å². The van der Waals surface area contributed by atoms with Crippen LogP contribution in [0.4, 0.5) is 0 Å². The van der Waals surface area contributed by atoms with Crippen molar-refractivity contribution >= 4 is 5.91 Å². The monoisotopic (exact) mass is 131 g/mol. The van der Waals surface area contributed by atoms with Crippen molar-refractivity contribution in [2.75, 3.05) is 6.61 Å². The fourth-order valence-corrected chi connectivity index (χ4v) is 0.857. The van der Waals surface area contributed by atoms with Crippen LogP contribution in [-0.2, 0) is 9.53 Å². The molecule has 3 N–H and O–H groups in total. The molecule has 9 heavy (non-hydrogen) atoms. The number of aliphatic hydroxyl groups excluding tert-OH is 1. The minimum absolute atomic E-state index is 0.425. The van der Waals surface area contributed by atoms with Gasteiger partial charge in [-0.1, -0.05) is 0 Å². The summed E-state index contributed by atoms with van der Waals surface area (Å²) in [6.45, 7) is 0.425. The van der Waals surface area contributed by atoms with E-state index in [9.17, 15) is 4.79 Å². The number of rotatable bonds is 1. The minimum atomic E-state index is -0.970. The quantitative estimate of drug-likeness (QED) is 0.470. The molecule has 1 rings (SSSR count). The molecule has 52 valence electrons. The Kier molecular flexibility index (Phi) is 1.68. The smallest absolute Gasteiger partial charge is 0.225 e. The van der Waals surface area contributed by atoms with E-state index in [1.54, 1.807) is 0 Å². The molecule has 0 aliphatic carbocycles. The van der Waals surface area contributed by atoms with Gasteiger partial charge in [0.05, 0.1) is 12.5 Å². The molecule has 0 radical (unpaired) electrons. The Balaban J connectivity index is 2.49. The third-order valence-corrected chi connectivity index (χ3v) is 1.43. The van der Waals surface area contributed by atoms with Crippen LogP contribution in [0.25, 0.3) is 0 Å². The zero-order valence-corrected chi connectivity index (χ0v) is 4.91. The number of carbonyl (C=O) groups is 1. The van der Waals surface area contributed by atoms with Gasteiger partial charge in [0.15, 0.2) is 6.29 Å². The molecular weight excluding hydrogens is 122 g/mol. The van der Waals surface area contributed by atoms with Crippen LogP contribution < -0.4 is 5.73 Å². The van der Waals surface area contributed by atoms with Crippen LogP contribution in [-0.4, -0.2) is 23.9 Å². The van der Waals surface area contributed by atoms with E-state index in [2.05, 4.69) is 4.74 Å². The zero-order chi connectivity index (χ0) is 6.85. The molecule has 0 saturated carbocycles. The summed E-state index contributed by atoms with van der Waals surface area (Å²) in [5.41, 5.74) is 4.91. The number of ether oxygens (including phenoxy) is 1. The first-order valence-corrected chi connectivity index (χ1v) is 2.81. The molecule has 0 aromatic heterocycles. The Morgan fingerprint density at radius 1 is 1.78 bits per heavy atom. The molecule has 1 fully saturated rings. The van der Waals surface area contributed by atoms with Gasteiger partial charge < -0.3 is 15.6 Å². The highest BCUT2D eigenvalue weighted by Crippen LogP contribution is 2.17. The summed E-state index contributed by atoms with van der Waals surface area (Å²) >= 11 is 0. The summed E-state index contributed by atoms with van der Waals surface area (Å²) in [7, 11) is 0. The first kappa shape index (κ1) is 6.51. The van der Waals surface area contributed by atoms with Gasteiger partial charge in [0.1, 0.15) is 0 Å². The van der Waals surface area contributed by atoms with Crippen molar-refractivity contribution in [3.05, 3.63) is 0 Å². The van der Waals surface area contributed by atoms with Crippen LogP contribution in [0.3, 0.4) is 0 Å². The van der Waals surface area contributed by atoms with E-state index in [-0.39, 0.29) is 0 Å². The maximum absolute atomic E-state index is 10.4. The number of primary amides is 1. The van der Waals surface area contributed by atoms with Gasteiger partial charge in [-0.25, -0.2) is 0 Å². The second-order valence-electron chi connectivity index (χ2n) is 2.06. The van der Waals surface area contributed by atoms with Gasteiger partial charge in [-0.15, -0.1) is 0 Å². The fraction of sp³-hybridized carbons (Fsp3) is 0.800. The van der Waals surface area contributed by atoms with Crippen molar-refractivity contribution in [3.63, 3.8) is 0 Å². The second-order valence-corrected chi connectivity index (χ2v) is 2.06. The molecule has 1 aliphatic heterocycles. The lowest BCUT2D eigenvalue weighted by atomic mass is 10.1. The highest BCUT2D eigenvalue weighted by atomic mass is 16.6. The van der Waals surface area contributed by atoms with E-state index >= 15 is 0 Å². The highest BCUT2D eigenvalue weighted by Gasteiger charge is 2.30. The number of hydrogen-bond donors (Lipinski definition) is 2. The van der Waals surface area contributed by atoms with Crippen LogP contribution in [0.1, 0.15) is 6.42 Å². The van der Waals surface area contributed by atoms with Crippen LogP contribution in [0.15, 0.2) is 0 Å². The topological polar surface area (TPSA) is 72.6 Å². The van der Waals surface area contributed by atoms with Gasteiger partial charge in [0.25, 0.3) is 0 Å². The van der Waals surface area contributed by atoms with Gasteiger partial charge in [0.2, 0.25) is 5.91 Å². The summed E-state index contributed by atoms with van der Waals surface area (Å²) in [4.78, 5) is 10.4. The molecule has 0 bridgehead atoms. The van der Waals surface area contributed by atoms with Crippen LogP contribution in [0.5, 0.6) is 0 Å². The molecule has 0 aromatic rings. The molecule has 4 heteroatoms. The molecular formula is C5H9NO3. The lowest BCUT2D eigenvalue weighted by Crippen LogP contribution is -2.29. The first-order chi connectivity index (χ1) is 4.22. The number of carbonyl (C=O) groups excluding carboxylic acids is 1. The molecule has 0 aromatic carbocycles. The van der Waals surface area contributed by atoms with Crippen molar-refractivity contribution in [2.24, 2.45) is 11.7 Å². The Labute approximate surface area is 52.6 Å². The SMILES string of the molecule is NC(=O)C1CCOC1O. The largest absolute Gasteiger partial charge is 0.369 e. The van der Waals surface area contributed by atoms with E-state index in [4.69, 9.17) is 10.8 Å². The van der Waals surface area contributed by atoms with Crippen molar-refractivity contribution in [1.82, 2.24) is 0 Å². The second kappa shape index (κ2) is 2.33. The minimum Gasteiger partial charge on any atom is -0.369 e. The van der Waals surface area contributed by atoms with Crippen molar-refractivity contribution in [1.29, 1.82) is 0 Å². The number of amides is 1. The molecule has 2 atom stereocenters. The van der Waals surface area contributed by atoms with Crippen molar-refractivity contribution in [2.45, 2.75) is 12.7 Å². The Hall–Kier alpha value is -0.610. The van der Waals surface area contributed by atoms with E-state index in [1.807, 2.05) is 0 Å². The van der Waals surface area contributed by atoms with E-state index in [1.165, 1.54) is 0 Å². The van der Waals surface area contributed by atoms with E-state index < -0.39 is 18.1 Å². The third-order valence-electron chi connectivity index (χ3n) is 1.43. The predicted octanol–water partition coefficient (Wildman–Crippen LogP) is -1.17. The predicted molar refractivity (Wildman–Crippen MR) is 29.3 cm³/mol. The summed E-state index contributed by atoms with van der Waals surface area (Å²) in [6, 6.07) is 0. The molecule has 2 unspecified atom stereocenters. The molecule has 4 nitrogen and oxygen atoms in total. The average Bonchev–Trinajstić information content (AvgIpc) is 2.13. The van der Waals surface area contributed by atoms with Crippen molar-refractivity contribution in [3.8, 4) is 0 Å². The van der Waals surface area contributed by atoms with E-state index in [0.29, 0.717) is 13.0 Å². The van der Waals surface area contributed by atoms with E-state index in [0.717, 1.165) is 0 Å². The maximum atomic E-state index is 10.4. The molecule has 1 aliphatic rings. The maximum Gasteiger partial charge on any atom is 0.225 e. The summed E-state index contributed by atoms with van der Waals surface area (Å²) in [6.07, 6.45) is -0.432. The lowest BCUT2D eigenvalue weighted by molar-refractivity contribution is -0.133. The lowest BCUT2D eigenvalue weighted by Gasteiger charge is -2.06. The Morgan fingerprint density at radius 2 is 2.44 bits per heavy atom. The van der Waals surface area contributed by atoms with Crippen LogP contribution in [0, 0.1) is 5.92 Å². The number of hydrogen-bond acceptors (Lipinski definition) is 3. The van der Waals surface area contributed by atoms with Crippen LogP contribution in [0.2, 0.25) is 0 Å². The summed E-state index contributed by atoms with van der Waals surface area (Å²) in [5, 5.41) is 8.84. The average molecular weight is 131 g/mol. The zero-order valence-electron chi connectivity index (χ0n) is 4.91. The Morgan fingerprint density at radius 3 is 2.67 bits per heavy atom. The molecule has 1 saturated heterocycles. The van der Waals surface area contributed by atoms with Crippen molar-refractivity contribution < 1.29 is 14.6 Å². The van der Waals surface area contributed by atoms with Gasteiger partial charge in [0, 0.05) is 0 Å². The molecule has 1 heterocycles. The summed E-state index contributed by atoms with van der Waals surface area (Å²) in [5.74, 6) is -0.981. The van der Waals surface area contributed by atoms with Gasteiger partial charge in [-0.2, -0.15) is 0 Å². The van der Waals surface area contributed by atoms with Gasteiger partial charge in [-0.05, 0) is 6.42 Å². The van der Waals surface area contributed by atoms with Gasteiger partial charge in [-0.3, -0.25) is 4.79 Å². The Bertz CT molecular complexity index is 125. The fourth-order valence-electron chi connectivity index (χ4n) is 0.857. The normalized spacial score (nSPS) is 34.8. The van der Waals surface area contributed by atoms with Gasteiger partial charge >= 0.3 is 0 Å². The number of nitrogens with two attached hydrogens (primary N) is 1. The third kappa shape index (κ3) is 1.20. The molecule has 1 amide bonds. The standard InChI is InChI=1S/C5H9NO3/c6-4(7)3-1-2-9-5(3)8/h3,5,8H,1-2H2,(H2,6,7). The molecule has 0 spiro atoms.